The van der Waals surface area contributed by atoms with Gasteiger partial charge < -0.3 is 24.6 Å². The number of hydrogen-bond acceptors (Lipinski definition) is 7. The van der Waals surface area contributed by atoms with Crippen molar-refractivity contribution in [3.8, 4) is 27.3 Å². The van der Waals surface area contributed by atoms with E-state index in [4.69, 9.17) is 9.47 Å². The van der Waals surface area contributed by atoms with Gasteiger partial charge in [0.1, 0.15) is 11.6 Å². The van der Waals surface area contributed by atoms with Crippen molar-refractivity contribution in [1.82, 2.24) is 4.98 Å². The number of hydrogen-bond donors (Lipinski definition) is 2. The van der Waals surface area contributed by atoms with Crippen LogP contribution in [0.15, 0.2) is 35.7 Å². The SMILES string of the molecule is O=C(O)c1cc2c(cc1-c1ccc(N3CCOCC3)nc1C(=O)O)OCCc1ccsc1-2. The monoisotopic (exact) mass is 452 g/mol. The fraction of sp³-hybridized carbons (Fsp3) is 0.261. The second-order valence-corrected chi connectivity index (χ2v) is 8.46. The van der Waals surface area contributed by atoms with Crippen LogP contribution in [0.2, 0.25) is 0 Å². The van der Waals surface area contributed by atoms with Crippen molar-refractivity contribution >= 4 is 29.1 Å². The van der Waals surface area contributed by atoms with Crippen LogP contribution in [-0.4, -0.2) is 60.0 Å². The summed E-state index contributed by atoms with van der Waals surface area (Å²) in [6.07, 6.45) is 0.724. The Bertz CT molecular complexity index is 1220. The van der Waals surface area contributed by atoms with Gasteiger partial charge in [-0.2, -0.15) is 0 Å². The molecule has 0 spiro atoms. The summed E-state index contributed by atoms with van der Waals surface area (Å²) in [5.74, 6) is -1.29. The maximum absolute atomic E-state index is 12.2. The van der Waals surface area contributed by atoms with E-state index in [9.17, 15) is 19.8 Å². The molecule has 3 aromatic rings. The predicted octanol–water partition coefficient (Wildman–Crippen LogP) is 3.65. The number of ether oxygens (including phenoxy) is 2. The highest BCUT2D eigenvalue weighted by Gasteiger charge is 2.26. The molecule has 5 rings (SSSR count). The van der Waals surface area contributed by atoms with Crippen LogP contribution in [0.25, 0.3) is 21.6 Å². The fourth-order valence-corrected chi connectivity index (χ4v) is 5.09. The first-order chi connectivity index (χ1) is 15.5. The zero-order valence-corrected chi connectivity index (χ0v) is 17.9. The molecule has 0 amide bonds. The number of benzene rings is 1. The molecular formula is C23H20N2O6S. The molecule has 1 aromatic carbocycles. The Kier molecular flexibility index (Phi) is 5.28. The number of nitrogens with zero attached hydrogens (tertiary/aromatic N) is 2. The van der Waals surface area contributed by atoms with Crippen molar-refractivity contribution in [3.63, 3.8) is 0 Å². The fourth-order valence-electron chi connectivity index (χ4n) is 4.11. The van der Waals surface area contributed by atoms with Crippen LogP contribution < -0.4 is 9.64 Å². The van der Waals surface area contributed by atoms with E-state index in [1.807, 2.05) is 16.3 Å². The summed E-state index contributed by atoms with van der Waals surface area (Å²) < 4.78 is 11.3. The standard InChI is InChI=1S/C23H20N2O6S/c26-22(27)16-11-17-18(31-7-3-13-4-10-32-21(13)17)12-15(16)14-1-2-19(24-20(14)23(28)29)25-5-8-30-9-6-25/h1-2,4,10-12H,3,5-9H2,(H,26,27)(H,28,29). The topological polar surface area (TPSA) is 109 Å². The lowest BCUT2D eigenvalue weighted by molar-refractivity contribution is 0.0680. The molecule has 0 unspecified atom stereocenters. The Morgan fingerprint density at radius 2 is 1.78 bits per heavy atom. The lowest BCUT2D eigenvalue weighted by Gasteiger charge is -2.28. The number of rotatable bonds is 4. The van der Waals surface area contributed by atoms with Crippen LogP contribution in [0.1, 0.15) is 26.4 Å². The lowest BCUT2D eigenvalue weighted by atomic mass is 9.94. The number of carbonyl (C=O) groups is 2. The highest BCUT2D eigenvalue weighted by atomic mass is 32.1. The van der Waals surface area contributed by atoms with Gasteiger partial charge in [0.2, 0.25) is 0 Å². The third kappa shape index (κ3) is 3.59. The van der Waals surface area contributed by atoms with Crippen molar-refractivity contribution in [3.05, 3.63) is 52.5 Å². The third-order valence-electron chi connectivity index (χ3n) is 5.68. The summed E-state index contributed by atoms with van der Waals surface area (Å²) in [7, 11) is 0. The maximum atomic E-state index is 12.2. The summed E-state index contributed by atoms with van der Waals surface area (Å²) in [6, 6.07) is 8.58. The molecule has 2 N–H and O–H groups in total. The van der Waals surface area contributed by atoms with Gasteiger partial charge in [-0.15, -0.1) is 11.3 Å². The molecule has 0 aliphatic carbocycles. The van der Waals surface area contributed by atoms with Crippen LogP contribution in [0.4, 0.5) is 5.82 Å². The van der Waals surface area contributed by atoms with E-state index in [1.54, 1.807) is 24.3 Å². The van der Waals surface area contributed by atoms with Gasteiger partial charge in [-0.25, -0.2) is 14.6 Å². The van der Waals surface area contributed by atoms with Gasteiger partial charge in [0.05, 0.1) is 25.4 Å². The Hall–Kier alpha value is -3.43. The molecule has 32 heavy (non-hydrogen) atoms. The van der Waals surface area contributed by atoms with Crippen LogP contribution in [0.3, 0.4) is 0 Å². The Balaban J connectivity index is 1.67. The van der Waals surface area contributed by atoms with Gasteiger partial charge in [-0.05, 0) is 41.3 Å². The molecule has 1 saturated heterocycles. The number of fused-ring (bicyclic) bond motifs is 3. The number of aromatic nitrogens is 1. The number of thiophene rings is 1. The van der Waals surface area contributed by atoms with E-state index in [-0.39, 0.29) is 22.4 Å². The van der Waals surface area contributed by atoms with Gasteiger partial charge in [-0.3, -0.25) is 0 Å². The Morgan fingerprint density at radius 1 is 0.969 bits per heavy atom. The summed E-state index contributed by atoms with van der Waals surface area (Å²) in [6.45, 7) is 2.77. The van der Waals surface area contributed by atoms with E-state index in [2.05, 4.69) is 4.98 Å². The van der Waals surface area contributed by atoms with Crippen LogP contribution in [0.5, 0.6) is 5.75 Å². The van der Waals surface area contributed by atoms with Crippen LogP contribution >= 0.6 is 11.3 Å². The molecule has 4 heterocycles. The highest BCUT2D eigenvalue weighted by Crippen LogP contribution is 2.43. The minimum atomic E-state index is -1.22. The van der Waals surface area contributed by atoms with Gasteiger partial charge in [0, 0.05) is 41.1 Å². The number of anilines is 1. The summed E-state index contributed by atoms with van der Waals surface area (Å²) in [4.78, 5) is 31.6. The van der Waals surface area contributed by atoms with Crippen LogP contribution in [0, 0.1) is 0 Å². The first-order valence-electron chi connectivity index (χ1n) is 10.2. The number of aromatic carboxylic acids is 2. The van der Waals surface area contributed by atoms with Gasteiger partial charge >= 0.3 is 11.9 Å². The smallest absolute Gasteiger partial charge is 0.355 e. The van der Waals surface area contributed by atoms with Gasteiger partial charge in [0.25, 0.3) is 0 Å². The minimum absolute atomic E-state index is 0.0111. The molecule has 0 atom stereocenters. The first kappa shape index (κ1) is 20.5. The molecule has 8 nitrogen and oxygen atoms in total. The minimum Gasteiger partial charge on any atom is -0.493 e. The molecule has 164 valence electrons. The molecule has 2 aliphatic heterocycles. The number of carboxylic acids is 2. The van der Waals surface area contributed by atoms with Crippen LogP contribution in [-0.2, 0) is 11.2 Å². The molecule has 1 fully saturated rings. The van der Waals surface area contributed by atoms with Crippen molar-refractivity contribution < 1.29 is 29.3 Å². The highest BCUT2D eigenvalue weighted by molar-refractivity contribution is 7.13. The van der Waals surface area contributed by atoms with Gasteiger partial charge in [-0.1, -0.05) is 0 Å². The number of pyridine rings is 1. The normalized spacial score (nSPS) is 15.3. The third-order valence-corrected chi connectivity index (χ3v) is 6.67. The van der Waals surface area contributed by atoms with E-state index in [0.717, 1.165) is 16.9 Å². The largest absolute Gasteiger partial charge is 0.493 e. The molecule has 0 radical (unpaired) electrons. The number of carboxylic acid groups (broad SMARTS) is 2. The molecule has 2 aromatic heterocycles. The van der Waals surface area contributed by atoms with E-state index >= 15 is 0 Å². The van der Waals surface area contributed by atoms with Gasteiger partial charge in [0.15, 0.2) is 5.69 Å². The second kappa shape index (κ2) is 8.25. The predicted molar refractivity (Wildman–Crippen MR) is 119 cm³/mol. The lowest BCUT2D eigenvalue weighted by Crippen LogP contribution is -2.37. The summed E-state index contributed by atoms with van der Waals surface area (Å²) in [5, 5.41) is 21.8. The van der Waals surface area contributed by atoms with Crippen molar-refractivity contribution in [2.75, 3.05) is 37.8 Å². The summed E-state index contributed by atoms with van der Waals surface area (Å²) >= 11 is 1.53. The first-order valence-corrected chi connectivity index (χ1v) is 11.1. The van der Waals surface area contributed by atoms with E-state index < -0.39 is 11.9 Å². The van der Waals surface area contributed by atoms with E-state index in [1.165, 1.54) is 11.3 Å². The zero-order valence-electron chi connectivity index (χ0n) is 17.0. The van der Waals surface area contributed by atoms with Crippen molar-refractivity contribution in [2.45, 2.75) is 6.42 Å². The summed E-state index contributed by atoms with van der Waals surface area (Å²) in [5.41, 5.74) is 2.16. The molecular weight excluding hydrogens is 432 g/mol. The average molecular weight is 452 g/mol. The average Bonchev–Trinajstić information content (AvgIpc) is 3.20. The molecule has 9 heteroatoms. The zero-order chi connectivity index (χ0) is 22.2. The molecule has 2 aliphatic rings. The quantitative estimate of drug-likeness (QED) is 0.618. The Morgan fingerprint density at radius 3 is 2.53 bits per heavy atom. The molecule has 0 bridgehead atoms. The van der Waals surface area contributed by atoms with E-state index in [0.29, 0.717) is 50.0 Å². The van der Waals surface area contributed by atoms with Crippen molar-refractivity contribution in [1.29, 1.82) is 0 Å². The number of morpholine rings is 1. The maximum Gasteiger partial charge on any atom is 0.355 e. The Labute approximate surface area is 187 Å². The second-order valence-electron chi connectivity index (χ2n) is 7.54. The molecule has 0 saturated carbocycles. The van der Waals surface area contributed by atoms with Crippen molar-refractivity contribution in [2.24, 2.45) is 0 Å².